The third-order valence-corrected chi connectivity index (χ3v) is 5.62. The standard InChI is InChI=1S/C24H24N4O5/c1-16-7-9-18(25-24(30)22-6-5-13-33-22)15-19(16)26-23(29)17-8-10-20(21(14-17)28(31)32)27-11-3-2-4-12-27/h5-10,13-15H,2-4,11-12H2,1H3,(H,25,30)(H,26,29). The number of nitro groups is 1. The fourth-order valence-electron chi connectivity index (χ4n) is 3.84. The number of carbonyl (C=O) groups is 2. The topological polar surface area (TPSA) is 118 Å². The lowest BCUT2D eigenvalue weighted by molar-refractivity contribution is -0.384. The first kappa shape index (κ1) is 22.1. The van der Waals surface area contributed by atoms with Crippen LogP contribution >= 0.6 is 0 Å². The van der Waals surface area contributed by atoms with Gasteiger partial charge < -0.3 is 20.0 Å². The minimum Gasteiger partial charge on any atom is -0.459 e. The second-order valence-corrected chi connectivity index (χ2v) is 7.92. The Morgan fingerprint density at radius 3 is 2.48 bits per heavy atom. The molecule has 0 bridgehead atoms. The Bertz CT molecular complexity index is 1180. The Hall–Kier alpha value is -4.14. The lowest BCUT2D eigenvalue weighted by Crippen LogP contribution is -2.30. The molecule has 4 rings (SSSR count). The molecule has 3 aromatic rings. The predicted molar refractivity (Wildman–Crippen MR) is 125 cm³/mol. The highest BCUT2D eigenvalue weighted by Crippen LogP contribution is 2.32. The van der Waals surface area contributed by atoms with Crippen molar-refractivity contribution in [2.75, 3.05) is 28.6 Å². The van der Waals surface area contributed by atoms with E-state index in [1.165, 1.54) is 12.3 Å². The molecular formula is C24H24N4O5. The fourth-order valence-corrected chi connectivity index (χ4v) is 3.84. The van der Waals surface area contributed by atoms with E-state index in [0.717, 1.165) is 37.9 Å². The maximum Gasteiger partial charge on any atom is 0.293 e. The van der Waals surface area contributed by atoms with Gasteiger partial charge in [0.15, 0.2) is 5.76 Å². The van der Waals surface area contributed by atoms with E-state index in [0.29, 0.717) is 17.1 Å². The Balaban J connectivity index is 1.53. The van der Waals surface area contributed by atoms with E-state index in [1.807, 2.05) is 11.8 Å². The number of nitrogens with zero attached hydrogens (tertiary/aromatic N) is 2. The van der Waals surface area contributed by atoms with Gasteiger partial charge in [-0.05, 0) is 68.1 Å². The third-order valence-electron chi connectivity index (χ3n) is 5.62. The number of benzene rings is 2. The second kappa shape index (κ2) is 9.56. The Labute approximate surface area is 190 Å². The van der Waals surface area contributed by atoms with Gasteiger partial charge in [-0.15, -0.1) is 0 Å². The lowest BCUT2D eigenvalue weighted by atomic mass is 10.1. The van der Waals surface area contributed by atoms with Crippen molar-refractivity contribution < 1.29 is 18.9 Å². The molecule has 2 N–H and O–H groups in total. The molecule has 1 saturated heterocycles. The van der Waals surface area contributed by atoms with Crippen LogP contribution in [0.15, 0.2) is 59.2 Å². The third kappa shape index (κ3) is 5.03. The molecule has 170 valence electrons. The molecule has 1 fully saturated rings. The lowest BCUT2D eigenvalue weighted by Gasteiger charge is -2.28. The normalized spacial score (nSPS) is 13.4. The number of amides is 2. The van der Waals surface area contributed by atoms with E-state index in [2.05, 4.69) is 10.6 Å². The number of anilines is 3. The fraction of sp³-hybridized carbons (Fsp3) is 0.250. The average Bonchev–Trinajstić information content (AvgIpc) is 3.36. The van der Waals surface area contributed by atoms with E-state index < -0.39 is 16.7 Å². The van der Waals surface area contributed by atoms with Gasteiger partial charge in [-0.2, -0.15) is 0 Å². The first-order chi connectivity index (χ1) is 15.9. The monoisotopic (exact) mass is 448 g/mol. The maximum absolute atomic E-state index is 12.9. The van der Waals surface area contributed by atoms with Gasteiger partial charge in [0.05, 0.1) is 11.2 Å². The van der Waals surface area contributed by atoms with Crippen LogP contribution < -0.4 is 15.5 Å². The van der Waals surface area contributed by atoms with Crippen LogP contribution in [0.4, 0.5) is 22.7 Å². The van der Waals surface area contributed by atoms with Crippen molar-refractivity contribution in [1.82, 2.24) is 0 Å². The number of carbonyl (C=O) groups excluding carboxylic acids is 2. The summed E-state index contributed by atoms with van der Waals surface area (Å²) in [5.41, 5.74) is 2.38. The first-order valence-electron chi connectivity index (χ1n) is 10.7. The van der Waals surface area contributed by atoms with Gasteiger partial charge in [0, 0.05) is 36.1 Å². The summed E-state index contributed by atoms with van der Waals surface area (Å²) in [5.74, 6) is -0.715. The molecule has 0 atom stereocenters. The Morgan fingerprint density at radius 2 is 1.79 bits per heavy atom. The van der Waals surface area contributed by atoms with Crippen LogP contribution in [0.25, 0.3) is 0 Å². The van der Waals surface area contributed by atoms with Gasteiger partial charge >= 0.3 is 0 Å². The number of furan rings is 1. The number of rotatable bonds is 6. The Kier molecular flexibility index (Phi) is 6.39. The molecule has 0 spiro atoms. The molecule has 0 saturated carbocycles. The van der Waals surface area contributed by atoms with Crippen molar-refractivity contribution in [2.24, 2.45) is 0 Å². The van der Waals surface area contributed by atoms with E-state index in [1.54, 1.807) is 42.5 Å². The van der Waals surface area contributed by atoms with E-state index >= 15 is 0 Å². The van der Waals surface area contributed by atoms with Crippen LogP contribution in [0.3, 0.4) is 0 Å². The largest absolute Gasteiger partial charge is 0.459 e. The van der Waals surface area contributed by atoms with Crippen LogP contribution in [-0.4, -0.2) is 29.8 Å². The van der Waals surface area contributed by atoms with Crippen LogP contribution in [0, 0.1) is 17.0 Å². The summed E-state index contributed by atoms with van der Waals surface area (Å²) in [7, 11) is 0. The summed E-state index contributed by atoms with van der Waals surface area (Å²) >= 11 is 0. The molecule has 1 aliphatic heterocycles. The first-order valence-corrected chi connectivity index (χ1v) is 10.7. The molecular weight excluding hydrogens is 424 g/mol. The summed E-state index contributed by atoms with van der Waals surface area (Å²) in [6, 6.07) is 12.8. The van der Waals surface area contributed by atoms with Crippen molar-refractivity contribution in [2.45, 2.75) is 26.2 Å². The highest BCUT2D eigenvalue weighted by atomic mass is 16.6. The summed E-state index contributed by atoms with van der Waals surface area (Å²) in [6.45, 7) is 3.35. The van der Waals surface area contributed by atoms with Crippen molar-refractivity contribution >= 4 is 34.6 Å². The minimum atomic E-state index is -0.471. The molecule has 1 aliphatic rings. The highest BCUT2D eigenvalue weighted by molar-refractivity contribution is 6.06. The van der Waals surface area contributed by atoms with Crippen LogP contribution in [0.1, 0.15) is 45.7 Å². The van der Waals surface area contributed by atoms with Gasteiger partial charge in [-0.1, -0.05) is 6.07 Å². The molecule has 1 aromatic heterocycles. The molecule has 0 aliphatic carbocycles. The number of nitro benzene ring substituents is 1. The smallest absolute Gasteiger partial charge is 0.293 e. The van der Waals surface area contributed by atoms with Gasteiger partial charge in [0.1, 0.15) is 5.69 Å². The second-order valence-electron chi connectivity index (χ2n) is 7.92. The number of aryl methyl sites for hydroxylation is 1. The van der Waals surface area contributed by atoms with Crippen LogP contribution in [0.5, 0.6) is 0 Å². The predicted octanol–water partition coefficient (Wildman–Crippen LogP) is 4.99. The summed E-state index contributed by atoms with van der Waals surface area (Å²) in [6.07, 6.45) is 4.51. The molecule has 2 heterocycles. The van der Waals surface area contributed by atoms with Crippen molar-refractivity contribution in [3.8, 4) is 0 Å². The molecule has 9 nitrogen and oxygen atoms in total. The number of nitrogens with one attached hydrogen (secondary N) is 2. The van der Waals surface area contributed by atoms with Crippen LogP contribution in [-0.2, 0) is 0 Å². The zero-order valence-electron chi connectivity index (χ0n) is 18.2. The van der Waals surface area contributed by atoms with Gasteiger partial charge in [0.2, 0.25) is 0 Å². The number of piperidine rings is 1. The van der Waals surface area contributed by atoms with Gasteiger partial charge in [-0.3, -0.25) is 19.7 Å². The quantitative estimate of drug-likeness (QED) is 0.405. The Morgan fingerprint density at radius 1 is 1.00 bits per heavy atom. The summed E-state index contributed by atoms with van der Waals surface area (Å²) in [4.78, 5) is 38.4. The van der Waals surface area contributed by atoms with E-state index in [-0.39, 0.29) is 17.0 Å². The van der Waals surface area contributed by atoms with Crippen molar-refractivity contribution in [3.63, 3.8) is 0 Å². The van der Waals surface area contributed by atoms with E-state index in [4.69, 9.17) is 4.42 Å². The number of hydrogen-bond acceptors (Lipinski definition) is 6. The molecule has 2 aromatic carbocycles. The van der Waals surface area contributed by atoms with E-state index in [9.17, 15) is 19.7 Å². The molecule has 9 heteroatoms. The zero-order chi connectivity index (χ0) is 23.4. The van der Waals surface area contributed by atoms with Crippen LogP contribution in [0.2, 0.25) is 0 Å². The zero-order valence-corrected chi connectivity index (χ0v) is 18.2. The molecule has 0 unspecified atom stereocenters. The summed E-state index contributed by atoms with van der Waals surface area (Å²) < 4.78 is 5.09. The SMILES string of the molecule is Cc1ccc(NC(=O)c2ccco2)cc1NC(=O)c1ccc(N2CCCCC2)c([N+](=O)[O-])c1. The molecule has 2 amide bonds. The molecule has 33 heavy (non-hydrogen) atoms. The molecule has 0 radical (unpaired) electrons. The average molecular weight is 448 g/mol. The van der Waals surface area contributed by atoms with Crippen molar-refractivity contribution in [1.29, 1.82) is 0 Å². The van der Waals surface area contributed by atoms with Crippen molar-refractivity contribution in [3.05, 3.63) is 81.8 Å². The maximum atomic E-state index is 12.9. The minimum absolute atomic E-state index is 0.0827. The van der Waals surface area contributed by atoms with Gasteiger partial charge in [0.25, 0.3) is 17.5 Å². The van der Waals surface area contributed by atoms with Gasteiger partial charge in [-0.25, -0.2) is 0 Å². The highest BCUT2D eigenvalue weighted by Gasteiger charge is 2.23. The number of hydrogen-bond donors (Lipinski definition) is 2. The summed E-state index contributed by atoms with van der Waals surface area (Å²) in [5, 5.41) is 17.2.